The SMILES string of the molecule is Cc1cc(C(O)C2CC3CC3C2)ccc1F. The van der Waals surface area contributed by atoms with E-state index in [0.29, 0.717) is 11.5 Å². The minimum absolute atomic E-state index is 0.190. The van der Waals surface area contributed by atoms with E-state index in [1.54, 1.807) is 19.1 Å². The number of aryl methyl sites for hydroxylation is 1. The molecular weight excluding hydrogens is 203 g/mol. The van der Waals surface area contributed by atoms with Crippen LogP contribution in [-0.2, 0) is 0 Å². The van der Waals surface area contributed by atoms with Gasteiger partial charge >= 0.3 is 0 Å². The van der Waals surface area contributed by atoms with Crippen molar-refractivity contribution in [3.05, 3.63) is 35.1 Å². The molecule has 1 nitrogen and oxygen atoms in total. The summed E-state index contributed by atoms with van der Waals surface area (Å²) in [7, 11) is 0. The predicted molar refractivity (Wildman–Crippen MR) is 60.4 cm³/mol. The van der Waals surface area contributed by atoms with Gasteiger partial charge in [0.25, 0.3) is 0 Å². The third-order valence-corrected chi connectivity index (χ3v) is 4.25. The Morgan fingerprint density at radius 3 is 2.56 bits per heavy atom. The van der Waals surface area contributed by atoms with E-state index in [-0.39, 0.29) is 5.82 Å². The molecule has 0 aliphatic heterocycles. The molecule has 3 unspecified atom stereocenters. The number of fused-ring (bicyclic) bond motifs is 1. The Kier molecular flexibility index (Phi) is 2.28. The van der Waals surface area contributed by atoms with Crippen LogP contribution in [0.15, 0.2) is 18.2 Å². The standard InChI is InChI=1S/C14H17FO/c1-8-4-9(2-3-13(8)15)14(16)12-6-10-5-11(10)7-12/h2-4,10-12,14,16H,5-7H2,1H3. The molecule has 0 heterocycles. The minimum atomic E-state index is -0.396. The molecule has 3 atom stereocenters. The number of rotatable bonds is 2. The largest absolute Gasteiger partial charge is 0.388 e. The molecule has 0 radical (unpaired) electrons. The topological polar surface area (TPSA) is 20.2 Å². The molecule has 0 amide bonds. The molecule has 1 aromatic rings. The number of halogens is 1. The Morgan fingerprint density at radius 1 is 1.25 bits per heavy atom. The van der Waals surface area contributed by atoms with Gasteiger partial charge in [-0.25, -0.2) is 4.39 Å². The maximum atomic E-state index is 13.1. The first-order valence-electron chi connectivity index (χ1n) is 6.09. The molecular formula is C14H17FO. The Labute approximate surface area is 95.3 Å². The molecule has 16 heavy (non-hydrogen) atoms. The Morgan fingerprint density at radius 2 is 1.94 bits per heavy atom. The van der Waals surface area contributed by atoms with Crippen LogP contribution < -0.4 is 0 Å². The molecule has 2 saturated carbocycles. The van der Waals surface area contributed by atoms with E-state index in [0.717, 1.165) is 30.2 Å². The monoisotopic (exact) mass is 220 g/mol. The van der Waals surface area contributed by atoms with Crippen LogP contribution in [0.25, 0.3) is 0 Å². The van der Waals surface area contributed by atoms with Gasteiger partial charge in [0.2, 0.25) is 0 Å². The molecule has 1 N–H and O–H groups in total. The van der Waals surface area contributed by atoms with Crippen LogP contribution in [0.2, 0.25) is 0 Å². The second-order valence-corrected chi connectivity index (χ2v) is 5.44. The maximum Gasteiger partial charge on any atom is 0.126 e. The Balaban J connectivity index is 1.77. The van der Waals surface area contributed by atoms with Crippen molar-refractivity contribution >= 4 is 0 Å². The summed E-state index contributed by atoms with van der Waals surface area (Å²) in [6.07, 6.45) is 3.28. The molecule has 2 aliphatic rings. The van der Waals surface area contributed by atoms with Crippen LogP contribution in [0.5, 0.6) is 0 Å². The van der Waals surface area contributed by atoms with E-state index >= 15 is 0 Å². The fourth-order valence-corrected chi connectivity index (χ4v) is 3.14. The molecule has 0 saturated heterocycles. The third-order valence-electron chi connectivity index (χ3n) is 4.25. The molecule has 86 valence electrons. The van der Waals surface area contributed by atoms with E-state index in [9.17, 15) is 9.50 Å². The number of aliphatic hydroxyl groups excluding tert-OH is 1. The van der Waals surface area contributed by atoms with Crippen molar-refractivity contribution in [2.75, 3.05) is 0 Å². The summed E-state index contributed by atoms with van der Waals surface area (Å²) < 4.78 is 13.1. The van der Waals surface area contributed by atoms with Gasteiger partial charge in [0.05, 0.1) is 6.10 Å². The van der Waals surface area contributed by atoms with Crippen molar-refractivity contribution in [2.45, 2.75) is 32.3 Å². The van der Waals surface area contributed by atoms with Crippen molar-refractivity contribution in [1.82, 2.24) is 0 Å². The average Bonchev–Trinajstić information content (AvgIpc) is 2.89. The summed E-state index contributed by atoms with van der Waals surface area (Å²) in [6, 6.07) is 4.96. The zero-order valence-electron chi connectivity index (χ0n) is 9.49. The lowest BCUT2D eigenvalue weighted by Crippen LogP contribution is -2.11. The van der Waals surface area contributed by atoms with Crippen LogP contribution in [0.3, 0.4) is 0 Å². The summed E-state index contributed by atoms with van der Waals surface area (Å²) in [5, 5.41) is 10.3. The molecule has 1 aromatic carbocycles. The van der Waals surface area contributed by atoms with Crippen LogP contribution in [-0.4, -0.2) is 5.11 Å². The molecule has 2 fully saturated rings. The Hall–Kier alpha value is -0.890. The van der Waals surface area contributed by atoms with Crippen molar-refractivity contribution in [3.8, 4) is 0 Å². The van der Waals surface area contributed by atoms with Gasteiger partial charge in [-0.2, -0.15) is 0 Å². The van der Waals surface area contributed by atoms with E-state index in [2.05, 4.69) is 0 Å². The average molecular weight is 220 g/mol. The molecule has 3 rings (SSSR count). The van der Waals surface area contributed by atoms with Crippen LogP contribution in [0, 0.1) is 30.5 Å². The van der Waals surface area contributed by atoms with Gasteiger partial charge in [-0.15, -0.1) is 0 Å². The van der Waals surface area contributed by atoms with Gasteiger partial charge in [-0.05, 0) is 61.1 Å². The summed E-state index contributed by atoms with van der Waals surface area (Å²) in [5.41, 5.74) is 1.50. The van der Waals surface area contributed by atoms with Crippen molar-refractivity contribution in [3.63, 3.8) is 0 Å². The van der Waals surface area contributed by atoms with E-state index in [1.807, 2.05) is 0 Å². The smallest absolute Gasteiger partial charge is 0.126 e. The summed E-state index contributed by atoms with van der Waals surface area (Å²) >= 11 is 0. The predicted octanol–water partition coefficient (Wildman–Crippen LogP) is 3.21. The second-order valence-electron chi connectivity index (χ2n) is 5.44. The van der Waals surface area contributed by atoms with Gasteiger partial charge in [0.15, 0.2) is 0 Å². The lowest BCUT2D eigenvalue weighted by molar-refractivity contribution is 0.104. The summed E-state index contributed by atoms with van der Waals surface area (Å²) in [6.45, 7) is 1.75. The maximum absolute atomic E-state index is 13.1. The quantitative estimate of drug-likeness (QED) is 0.811. The van der Waals surface area contributed by atoms with E-state index in [4.69, 9.17) is 0 Å². The first-order valence-corrected chi connectivity index (χ1v) is 6.09. The fourth-order valence-electron chi connectivity index (χ4n) is 3.14. The highest BCUT2D eigenvalue weighted by atomic mass is 19.1. The number of aliphatic hydroxyl groups is 1. The molecule has 0 aromatic heterocycles. The highest BCUT2D eigenvalue weighted by Gasteiger charge is 2.47. The summed E-state index contributed by atoms with van der Waals surface area (Å²) in [5.74, 6) is 1.96. The lowest BCUT2D eigenvalue weighted by Gasteiger charge is -2.20. The molecule has 0 spiro atoms. The molecule has 2 heteroatoms. The highest BCUT2D eigenvalue weighted by Crippen LogP contribution is 2.57. The molecule has 2 aliphatic carbocycles. The van der Waals surface area contributed by atoms with Crippen molar-refractivity contribution < 1.29 is 9.50 Å². The number of hydrogen-bond acceptors (Lipinski definition) is 1. The van der Waals surface area contributed by atoms with Crippen LogP contribution in [0.4, 0.5) is 4.39 Å². The fraction of sp³-hybridized carbons (Fsp3) is 0.571. The van der Waals surface area contributed by atoms with Crippen molar-refractivity contribution in [1.29, 1.82) is 0 Å². The second kappa shape index (κ2) is 3.56. The molecule has 0 bridgehead atoms. The van der Waals surface area contributed by atoms with Crippen LogP contribution >= 0.6 is 0 Å². The van der Waals surface area contributed by atoms with Gasteiger partial charge in [0.1, 0.15) is 5.82 Å². The zero-order valence-corrected chi connectivity index (χ0v) is 9.49. The third kappa shape index (κ3) is 1.65. The van der Waals surface area contributed by atoms with Gasteiger partial charge < -0.3 is 5.11 Å². The Bertz CT molecular complexity index is 405. The first kappa shape index (κ1) is 10.3. The highest BCUT2D eigenvalue weighted by molar-refractivity contribution is 5.26. The number of hydrogen-bond donors (Lipinski definition) is 1. The lowest BCUT2D eigenvalue weighted by atomic mass is 9.91. The van der Waals surface area contributed by atoms with Crippen LogP contribution in [0.1, 0.15) is 36.5 Å². The minimum Gasteiger partial charge on any atom is -0.388 e. The van der Waals surface area contributed by atoms with Gasteiger partial charge in [-0.1, -0.05) is 12.1 Å². The zero-order chi connectivity index (χ0) is 11.3. The number of benzene rings is 1. The van der Waals surface area contributed by atoms with Gasteiger partial charge in [0, 0.05) is 0 Å². The van der Waals surface area contributed by atoms with E-state index < -0.39 is 6.10 Å². The van der Waals surface area contributed by atoms with E-state index in [1.165, 1.54) is 12.5 Å². The van der Waals surface area contributed by atoms with Gasteiger partial charge in [-0.3, -0.25) is 0 Å². The first-order chi connectivity index (χ1) is 7.65. The summed E-state index contributed by atoms with van der Waals surface area (Å²) in [4.78, 5) is 0. The van der Waals surface area contributed by atoms with Crippen molar-refractivity contribution in [2.24, 2.45) is 17.8 Å². The normalized spacial score (nSPS) is 33.6.